The van der Waals surface area contributed by atoms with Crippen LogP contribution in [0.5, 0.6) is 0 Å². The van der Waals surface area contributed by atoms with Crippen LogP contribution in [0.3, 0.4) is 0 Å². The number of hydrogen-bond donors (Lipinski definition) is 1. The number of aromatic nitrogens is 2. The van der Waals surface area contributed by atoms with E-state index in [9.17, 15) is 35.5 Å². The first-order valence-electron chi connectivity index (χ1n) is 10.5. The Hall–Kier alpha value is -3.41. The van der Waals surface area contributed by atoms with Gasteiger partial charge in [0.05, 0.1) is 17.9 Å². The van der Waals surface area contributed by atoms with Crippen molar-refractivity contribution < 1.29 is 35.5 Å². The summed E-state index contributed by atoms with van der Waals surface area (Å²) < 4.78 is 95.4. The summed E-state index contributed by atoms with van der Waals surface area (Å²) in [5, 5.41) is 0. The van der Waals surface area contributed by atoms with Gasteiger partial charge in [0.2, 0.25) is 11.7 Å². The average Bonchev–Trinajstić information content (AvgIpc) is 3.17. The molecular weight excluding hydrogens is 481 g/mol. The van der Waals surface area contributed by atoms with E-state index < -0.39 is 47.2 Å². The van der Waals surface area contributed by atoms with Crippen LogP contribution in [-0.2, 0) is 30.5 Å². The number of amides is 1. The lowest BCUT2D eigenvalue weighted by Crippen LogP contribution is -2.42. The zero-order chi connectivity index (χ0) is 25.5. The molecule has 0 aliphatic carbocycles. The van der Waals surface area contributed by atoms with E-state index in [0.717, 1.165) is 16.7 Å². The number of halogens is 7. The summed E-state index contributed by atoms with van der Waals surface area (Å²) in [5.41, 5.74) is 6.09. The van der Waals surface area contributed by atoms with Crippen LogP contribution >= 0.6 is 0 Å². The fourth-order valence-electron chi connectivity index (χ4n) is 4.06. The Morgan fingerprint density at radius 2 is 1.66 bits per heavy atom. The maximum Gasteiger partial charge on any atom is 0.449 e. The molecule has 12 heteroatoms. The van der Waals surface area contributed by atoms with Gasteiger partial charge in [0.15, 0.2) is 11.6 Å². The second-order valence-corrected chi connectivity index (χ2v) is 8.23. The summed E-state index contributed by atoms with van der Waals surface area (Å²) in [5.74, 6) is -5.80. The van der Waals surface area contributed by atoms with Gasteiger partial charge < -0.3 is 15.2 Å². The number of hydrogen-bond acceptors (Lipinski definition) is 3. The van der Waals surface area contributed by atoms with Gasteiger partial charge in [-0.25, -0.2) is 22.5 Å². The highest BCUT2D eigenvalue weighted by Gasteiger charge is 2.40. The summed E-state index contributed by atoms with van der Waals surface area (Å²) in [6.45, 7) is -0.446. The molecule has 1 atom stereocenters. The van der Waals surface area contributed by atoms with E-state index in [4.69, 9.17) is 5.73 Å². The SMILES string of the molecule is NC(CC(=O)N1CCn2c(C(F)(F)F)nc(-c3ccc(F)cc3)c2C1)Cc1cc(F)c(F)cc1F. The molecule has 1 unspecified atom stereocenters. The molecule has 0 radical (unpaired) electrons. The Bertz CT molecular complexity index is 1250. The lowest BCUT2D eigenvalue weighted by molar-refractivity contribution is -0.148. The minimum atomic E-state index is -4.74. The summed E-state index contributed by atoms with van der Waals surface area (Å²) in [6, 6.07) is 4.89. The fourth-order valence-corrected chi connectivity index (χ4v) is 4.06. The van der Waals surface area contributed by atoms with Crippen LogP contribution in [0.2, 0.25) is 0 Å². The van der Waals surface area contributed by atoms with Gasteiger partial charge in [0.25, 0.3) is 0 Å². The van der Waals surface area contributed by atoms with E-state index in [1.165, 1.54) is 17.0 Å². The lowest BCUT2D eigenvalue weighted by atomic mass is 10.0. The third-order valence-corrected chi connectivity index (χ3v) is 5.74. The topological polar surface area (TPSA) is 64.2 Å². The molecule has 2 heterocycles. The van der Waals surface area contributed by atoms with Gasteiger partial charge >= 0.3 is 6.18 Å². The molecule has 186 valence electrons. The number of nitrogens with zero attached hydrogens (tertiary/aromatic N) is 3. The van der Waals surface area contributed by atoms with E-state index in [1.807, 2.05) is 0 Å². The molecule has 2 aromatic carbocycles. The lowest BCUT2D eigenvalue weighted by Gasteiger charge is -2.30. The number of rotatable bonds is 5. The maximum absolute atomic E-state index is 13.9. The van der Waals surface area contributed by atoms with Crippen molar-refractivity contribution in [3.63, 3.8) is 0 Å². The van der Waals surface area contributed by atoms with E-state index in [0.29, 0.717) is 12.1 Å². The largest absolute Gasteiger partial charge is 0.449 e. The van der Waals surface area contributed by atoms with Crippen molar-refractivity contribution in [2.24, 2.45) is 5.73 Å². The van der Waals surface area contributed by atoms with Gasteiger partial charge in [0.1, 0.15) is 11.6 Å². The van der Waals surface area contributed by atoms with Crippen molar-refractivity contribution in [2.75, 3.05) is 6.54 Å². The normalized spacial score (nSPS) is 14.7. The number of carbonyl (C=O) groups is 1. The highest BCUT2D eigenvalue weighted by molar-refractivity contribution is 5.77. The van der Waals surface area contributed by atoms with Gasteiger partial charge in [-0.05, 0) is 42.3 Å². The zero-order valence-electron chi connectivity index (χ0n) is 18.0. The molecule has 0 saturated carbocycles. The third kappa shape index (κ3) is 5.16. The smallest absolute Gasteiger partial charge is 0.335 e. The van der Waals surface area contributed by atoms with Crippen LogP contribution in [0.1, 0.15) is 23.5 Å². The molecule has 5 nitrogen and oxygen atoms in total. The molecule has 1 aliphatic rings. The average molecular weight is 500 g/mol. The van der Waals surface area contributed by atoms with Crippen molar-refractivity contribution in [3.05, 3.63) is 76.7 Å². The zero-order valence-corrected chi connectivity index (χ0v) is 18.0. The van der Waals surface area contributed by atoms with Gasteiger partial charge in [-0.15, -0.1) is 0 Å². The highest BCUT2D eigenvalue weighted by atomic mass is 19.4. The van der Waals surface area contributed by atoms with Gasteiger partial charge in [-0.3, -0.25) is 4.79 Å². The molecule has 0 bridgehead atoms. The first-order valence-corrected chi connectivity index (χ1v) is 10.5. The fraction of sp³-hybridized carbons (Fsp3) is 0.304. The molecule has 0 spiro atoms. The molecular formula is C23H19F7N4O. The number of benzene rings is 2. The van der Waals surface area contributed by atoms with Crippen LogP contribution < -0.4 is 5.73 Å². The van der Waals surface area contributed by atoms with Crippen molar-refractivity contribution in [2.45, 2.75) is 38.1 Å². The molecule has 0 saturated heterocycles. The van der Waals surface area contributed by atoms with E-state index in [1.54, 1.807) is 0 Å². The van der Waals surface area contributed by atoms with Crippen LogP contribution in [0, 0.1) is 23.3 Å². The number of fused-ring (bicyclic) bond motifs is 1. The Labute approximate surface area is 195 Å². The molecule has 1 amide bonds. The van der Waals surface area contributed by atoms with Crippen LogP contribution in [0.25, 0.3) is 11.3 Å². The highest BCUT2D eigenvalue weighted by Crippen LogP contribution is 2.36. The first-order chi connectivity index (χ1) is 16.4. The number of nitrogens with two attached hydrogens (primary N) is 1. The molecule has 1 aliphatic heterocycles. The quantitative estimate of drug-likeness (QED) is 0.417. The Morgan fingerprint density at radius 1 is 1.00 bits per heavy atom. The molecule has 4 rings (SSSR count). The van der Waals surface area contributed by atoms with E-state index >= 15 is 0 Å². The van der Waals surface area contributed by atoms with Crippen LogP contribution in [-0.4, -0.2) is 32.9 Å². The van der Waals surface area contributed by atoms with Gasteiger partial charge in [0, 0.05) is 37.2 Å². The molecule has 0 fully saturated rings. The summed E-state index contributed by atoms with van der Waals surface area (Å²) >= 11 is 0. The van der Waals surface area contributed by atoms with Gasteiger partial charge in [-0.2, -0.15) is 13.2 Å². The Balaban J connectivity index is 1.54. The van der Waals surface area contributed by atoms with Crippen molar-refractivity contribution >= 4 is 5.91 Å². The minimum Gasteiger partial charge on any atom is -0.335 e. The molecule has 35 heavy (non-hydrogen) atoms. The minimum absolute atomic E-state index is 0.0250. The predicted molar refractivity (Wildman–Crippen MR) is 111 cm³/mol. The predicted octanol–water partition coefficient (Wildman–Crippen LogP) is 4.43. The second kappa shape index (κ2) is 9.33. The van der Waals surface area contributed by atoms with Gasteiger partial charge in [-0.1, -0.05) is 0 Å². The number of imidazole rings is 1. The summed E-state index contributed by atoms with van der Waals surface area (Å²) in [4.78, 5) is 17.9. The summed E-state index contributed by atoms with van der Waals surface area (Å²) in [6.07, 6.45) is -5.29. The molecule has 2 N–H and O–H groups in total. The first kappa shape index (κ1) is 24.7. The molecule has 1 aromatic heterocycles. The van der Waals surface area contributed by atoms with Crippen LogP contribution in [0.15, 0.2) is 36.4 Å². The van der Waals surface area contributed by atoms with E-state index in [-0.39, 0.29) is 55.0 Å². The molecule has 3 aromatic rings. The second-order valence-electron chi connectivity index (χ2n) is 8.23. The van der Waals surface area contributed by atoms with Crippen molar-refractivity contribution in [1.29, 1.82) is 0 Å². The van der Waals surface area contributed by atoms with E-state index in [2.05, 4.69) is 4.98 Å². The number of carbonyl (C=O) groups excluding carboxylic acids is 1. The maximum atomic E-state index is 13.9. The van der Waals surface area contributed by atoms with Crippen molar-refractivity contribution in [3.8, 4) is 11.3 Å². The Morgan fingerprint density at radius 3 is 2.31 bits per heavy atom. The standard InChI is InChI=1S/C23H19F7N4O/c24-14-3-1-12(2-4-14)21-19-11-33(5-6-34(19)22(32-21)23(28,29)30)20(35)9-15(31)7-13-8-17(26)18(27)10-16(13)25/h1-4,8,10,15H,5-7,9,11,31H2. The monoisotopic (exact) mass is 500 g/mol. The third-order valence-electron chi connectivity index (χ3n) is 5.74. The Kier molecular flexibility index (Phi) is 6.58. The van der Waals surface area contributed by atoms with Crippen LogP contribution in [0.4, 0.5) is 30.7 Å². The number of alkyl halides is 3. The summed E-state index contributed by atoms with van der Waals surface area (Å²) in [7, 11) is 0. The van der Waals surface area contributed by atoms with Crippen molar-refractivity contribution in [1.82, 2.24) is 14.5 Å².